The van der Waals surface area contributed by atoms with Gasteiger partial charge < -0.3 is 19.3 Å². The Hall–Kier alpha value is -0.200. The van der Waals surface area contributed by atoms with Crippen LogP contribution in [-0.4, -0.2) is 67.5 Å². The van der Waals surface area contributed by atoms with Crippen LogP contribution in [0, 0.1) is 23.7 Å². The molecule has 5 nitrogen and oxygen atoms in total. The van der Waals surface area contributed by atoms with Crippen molar-refractivity contribution in [3.8, 4) is 0 Å². The van der Waals surface area contributed by atoms with Crippen molar-refractivity contribution in [1.29, 1.82) is 0 Å². The van der Waals surface area contributed by atoms with Crippen molar-refractivity contribution in [3.63, 3.8) is 0 Å². The maximum absolute atomic E-state index is 10.3. The second-order valence-electron chi connectivity index (χ2n) is 8.78. The fourth-order valence-electron chi connectivity index (χ4n) is 6.67. The molecule has 3 saturated heterocycles. The Morgan fingerprint density at radius 3 is 2.75 bits per heavy atom. The molecular weight excluding hydrogens is 306 g/mol. The molecule has 5 heteroatoms. The van der Waals surface area contributed by atoms with Gasteiger partial charge in [-0.2, -0.15) is 0 Å². The van der Waals surface area contributed by atoms with E-state index in [2.05, 4.69) is 4.90 Å². The summed E-state index contributed by atoms with van der Waals surface area (Å²) in [5.74, 6) is 2.84. The number of aliphatic hydroxyl groups excluding tert-OH is 1. The molecule has 9 atom stereocenters. The van der Waals surface area contributed by atoms with Crippen LogP contribution in [0.3, 0.4) is 0 Å². The third-order valence-corrected chi connectivity index (χ3v) is 7.88. The summed E-state index contributed by atoms with van der Waals surface area (Å²) in [6.45, 7) is 2.88. The third-order valence-electron chi connectivity index (χ3n) is 7.88. The summed E-state index contributed by atoms with van der Waals surface area (Å²) in [4.78, 5) is 2.75. The van der Waals surface area contributed by atoms with Crippen LogP contribution in [0.1, 0.15) is 38.5 Å². The predicted molar refractivity (Wildman–Crippen MR) is 88.4 cm³/mol. The molecule has 3 aliphatic heterocycles. The number of aliphatic hydroxyl groups is 1. The van der Waals surface area contributed by atoms with Gasteiger partial charge in [0.15, 0.2) is 0 Å². The first kappa shape index (κ1) is 16.0. The Labute approximate surface area is 144 Å². The molecule has 5 aliphatic rings. The first-order chi connectivity index (χ1) is 11.7. The van der Waals surface area contributed by atoms with Crippen LogP contribution < -0.4 is 0 Å². The van der Waals surface area contributed by atoms with Gasteiger partial charge in [0.25, 0.3) is 0 Å². The van der Waals surface area contributed by atoms with Crippen LogP contribution in [0.5, 0.6) is 0 Å². The summed E-state index contributed by atoms with van der Waals surface area (Å²) in [7, 11) is 1.75. The molecule has 5 fully saturated rings. The Morgan fingerprint density at radius 2 is 1.88 bits per heavy atom. The van der Waals surface area contributed by atoms with Crippen molar-refractivity contribution >= 4 is 0 Å². The van der Waals surface area contributed by atoms with Crippen molar-refractivity contribution in [1.82, 2.24) is 4.90 Å². The molecule has 1 N–H and O–H groups in total. The minimum atomic E-state index is -0.265. The van der Waals surface area contributed by atoms with Crippen molar-refractivity contribution < 1.29 is 19.3 Å². The van der Waals surface area contributed by atoms with Gasteiger partial charge in [-0.1, -0.05) is 0 Å². The molecule has 5 rings (SSSR count). The van der Waals surface area contributed by atoms with Crippen LogP contribution >= 0.6 is 0 Å². The monoisotopic (exact) mass is 337 g/mol. The highest BCUT2D eigenvalue weighted by atomic mass is 16.7. The third kappa shape index (κ3) is 2.47. The average Bonchev–Trinajstić information content (AvgIpc) is 3.08. The number of piperidine rings is 2. The van der Waals surface area contributed by atoms with Crippen LogP contribution in [0.4, 0.5) is 0 Å². The number of rotatable bonds is 1. The van der Waals surface area contributed by atoms with Crippen molar-refractivity contribution in [2.75, 3.05) is 27.0 Å². The molecule has 24 heavy (non-hydrogen) atoms. The highest BCUT2D eigenvalue weighted by Gasteiger charge is 2.52. The van der Waals surface area contributed by atoms with Crippen LogP contribution in [0.15, 0.2) is 0 Å². The van der Waals surface area contributed by atoms with E-state index in [1.165, 1.54) is 38.8 Å². The zero-order chi connectivity index (χ0) is 16.3. The van der Waals surface area contributed by atoms with Gasteiger partial charge in [0.2, 0.25) is 0 Å². The summed E-state index contributed by atoms with van der Waals surface area (Å²) in [6, 6.07) is 0.689. The maximum Gasteiger partial charge on any atom is 0.147 e. The molecule has 3 heterocycles. The first-order valence-corrected chi connectivity index (χ1v) is 9.92. The SMILES string of the molecule is COC1CC2C(CCN3CC4C(CCC5OCOC54)CC23)CC1O. The molecule has 0 amide bonds. The van der Waals surface area contributed by atoms with Crippen LogP contribution in [0.25, 0.3) is 0 Å². The van der Waals surface area contributed by atoms with E-state index in [4.69, 9.17) is 14.2 Å². The molecule has 9 unspecified atom stereocenters. The van der Waals surface area contributed by atoms with E-state index in [-0.39, 0.29) is 12.2 Å². The normalized spacial score (nSPS) is 54.5. The Balaban J connectivity index is 1.34. The van der Waals surface area contributed by atoms with Crippen molar-refractivity contribution in [2.45, 2.75) is 69.0 Å². The summed E-state index contributed by atoms with van der Waals surface area (Å²) in [6.07, 6.45) is 7.44. The number of methoxy groups -OCH3 is 1. The molecule has 2 aliphatic carbocycles. The largest absolute Gasteiger partial charge is 0.390 e. The molecule has 0 spiro atoms. The second-order valence-corrected chi connectivity index (χ2v) is 8.78. The molecule has 0 aromatic heterocycles. The van der Waals surface area contributed by atoms with Gasteiger partial charge in [0, 0.05) is 25.6 Å². The van der Waals surface area contributed by atoms with E-state index in [0.29, 0.717) is 42.8 Å². The molecule has 0 radical (unpaired) electrons. The van der Waals surface area contributed by atoms with Crippen molar-refractivity contribution in [3.05, 3.63) is 0 Å². The van der Waals surface area contributed by atoms with E-state index in [0.717, 1.165) is 18.8 Å². The number of hydrogen-bond acceptors (Lipinski definition) is 5. The topological polar surface area (TPSA) is 51.2 Å². The number of fused-ring (bicyclic) bond motifs is 6. The lowest BCUT2D eigenvalue weighted by molar-refractivity contribution is -0.129. The Morgan fingerprint density at radius 1 is 1.00 bits per heavy atom. The fourth-order valence-corrected chi connectivity index (χ4v) is 6.67. The van der Waals surface area contributed by atoms with E-state index in [9.17, 15) is 5.11 Å². The quantitative estimate of drug-likeness (QED) is 0.788. The molecule has 0 bridgehead atoms. The minimum absolute atomic E-state index is 0.0335. The highest BCUT2D eigenvalue weighted by molar-refractivity contribution is 5.04. The zero-order valence-corrected chi connectivity index (χ0v) is 14.7. The van der Waals surface area contributed by atoms with Gasteiger partial charge in [-0.05, 0) is 62.8 Å². The van der Waals surface area contributed by atoms with Crippen LogP contribution in [-0.2, 0) is 14.2 Å². The van der Waals surface area contributed by atoms with E-state index in [1.54, 1.807) is 7.11 Å². The summed E-state index contributed by atoms with van der Waals surface area (Å²) in [5.41, 5.74) is 0. The molecule has 2 saturated carbocycles. The number of nitrogens with zero attached hydrogens (tertiary/aromatic N) is 1. The summed E-state index contributed by atoms with van der Waals surface area (Å²) < 4.78 is 17.3. The second kappa shape index (κ2) is 6.20. The van der Waals surface area contributed by atoms with E-state index < -0.39 is 0 Å². The van der Waals surface area contributed by atoms with Gasteiger partial charge in [0.1, 0.15) is 6.79 Å². The average molecular weight is 337 g/mol. The fraction of sp³-hybridized carbons (Fsp3) is 1.00. The first-order valence-electron chi connectivity index (χ1n) is 9.92. The lowest BCUT2D eigenvalue weighted by atomic mass is 9.62. The Bertz CT molecular complexity index is 474. The zero-order valence-electron chi connectivity index (χ0n) is 14.7. The smallest absolute Gasteiger partial charge is 0.147 e. The summed E-state index contributed by atoms with van der Waals surface area (Å²) in [5, 5.41) is 10.3. The molecule has 136 valence electrons. The number of hydrogen-bond donors (Lipinski definition) is 1. The lowest BCUT2D eigenvalue weighted by Crippen LogP contribution is -2.61. The lowest BCUT2D eigenvalue weighted by Gasteiger charge is -2.56. The highest BCUT2D eigenvalue weighted by Crippen LogP contribution is 2.49. The Kier molecular flexibility index (Phi) is 4.14. The van der Waals surface area contributed by atoms with Gasteiger partial charge in [-0.25, -0.2) is 0 Å². The van der Waals surface area contributed by atoms with Crippen LogP contribution in [0.2, 0.25) is 0 Å². The number of ether oxygens (including phenoxy) is 3. The van der Waals surface area contributed by atoms with E-state index in [1.807, 2.05) is 0 Å². The van der Waals surface area contributed by atoms with Gasteiger partial charge in [-0.15, -0.1) is 0 Å². The van der Waals surface area contributed by atoms with Crippen molar-refractivity contribution in [2.24, 2.45) is 23.7 Å². The van der Waals surface area contributed by atoms with Gasteiger partial charge in [0.05, 0.1) is 24.4 Å². The summed E-state index contributed by atoms with van der Waals surface area (Å²) >= 11 is 0. The standard InChI is InChI=1S/C19H31NO4/c1-22-18-8-13-12(7-16(18)21)4-5-20-9-14-11(6-15(13)20)2-3-17-19(14)24-10-23-17/h11-19,21H,2-10H2,1H3. The predicted octanol–water partition coefficient (Wildman–Crippen LogP) is 1.63. The maximum atomic E-state index is 10.3. The van der Waals surface area contributed by atoms with Gasteiger partial charge >= 0.3 is 0 Å². The molecule has 0 aromatic carbocycles. The minimum Gasteiger partial charge on any atom is -0.390 e. The van der Waals surface area contributed by atoms with Gasteiger partial charge in [-0.3, -0.25) is 4.90 Å². The molecule has 0 aromatic rings. The van der Waals surface area contributed by atoms with E-state index >= 15 is 0 Å². The molecular formula is C19H31NO4.